The number of hydrogen-bond acceptors (Lipinski definition) is 3. The van der Waals surface area contributed by atoms with E-state index >= 15 is 0 Å². The summed E-state index contributed by atoms with van der Waals surface area (Å²) in [6.07, 6.45) is 3.01. The fourth-order valence-electron chi connectivity index (χ4n) is 0.471. The van der Waals surface area contributed by atoms with Gasteiger partial charge in [0.25, 0.3) is 0 Å². The van der Waals surface area contributed by atoms with Crippen molar-refractivity contribution < 1.29 is 14.8 Å². The lowest BCUT2D eigenvalue weighted by Crippen LogP contribution is -1.99. The molecule has 0 unspecified atom stereocenters. The van der Waals surface area contributed by atoms with Gasteiger partial charge in [-0.2, -0.15) is 0 Å². The zero-order valence-electron chi connectivity index (χ0n) is 6.97. The highest BCUT2D eigenvalue weighted by atomic mass is 28.1. The molecule has 0 aliphatic carbocycles. The first-order valence-electron chi connectivity index (χ1n) is 3.97. The Hall–Kier alpha value is 0.0969. The zero-order valence-corrected chi connectivity index (χ0v) is 7.97. The first-order chi connectivity index (χ1) is 5.41. The second kappa shape index (κ2) is 10.1. The van der Waals surface area contributed by atoms with Crippen molar-refractivity contribution in [2.24, 2.45) is 0 Å². The molecule has 0 saturated carbocycles. The number of hydrogen-bond donors (Lipinski definition) is 0. The minimum atomic E-state index is 0.581. The Balaban J connectivity index is 2.69. The Labute approximate surface area is 71.3 Å². The predicted molar refractivity (Wildman–Crippen MR) is 43.1 cm³/mol. The molecule has 3 radical (unpaired) electrons. The van der Waals surface area contributed by atoms with Gasteiger partial charge < -0.3 is 0 Å². The van der Waals surface area contributed by atoms with E-state index in [0.717, 1.165) is 25.3 Å². The molecule has 0 rings (SSSR count). The van der Waals surface area contributed by atoms with Crippen LogP contribution in [-0.2, 0) is 14.8 Å². The number of unbranched alkanes of at least 4 members (excludes halogenated alkanes) is 1. The summed E-state index contributed by atoms with van der Waals surface area (Å²) in [5.41, 5.74) is 0. The van der Waals surface area contributed by atoms with Gasteiger partial charge in [-0.25, -0.2) is 9.78 Å². The van der Waals surface area contributed by atoms with Gasteiger partial charge in [-0.15, -0.1) is 0 Å². The van der Waals surface area contributed by atoms with Gasteiger partial charge >= 0.3 is 0 Å². The van der Waals surface area contributed by atoms with Crippen LogP contribution >= 0.6 is 0 Å². The molecule has 0 heterocycles. The largest absolute Gasteiger partial charge is 0.206 e. The molecule has 0 aliphatic heterocycles. The summed E-state index contributed by atoms with van der Waals surface area (Å²) in [6.45, 7) is 3.18. The van der Waals surface area contributed by atoms with Crippen molar-refractivity contribution in [3.05, 3.63) is 0 Å². The Kier molecular flexibility index (Phi) is 10.2. The summed E-state index contributed by atoms with van der Waals surface area (Å²) < 4.78 is 0. The van der Waals surface area contributed by atoms with Crippen molar-refractivity contribution in [2.75, 3.05) is 13.2 Å². The molecule has 4 heteroatoms. The zero-order chi connectivity index (χ0) is 8.36. The van der Waals surface area contributed by atoms with E-state index in [1.54, 1.807) is 0 Å². The summed E-state index contributed by atoms with van der Waals surface area (Å²) in [6, 6.07) is 0.999. The average Bonchev–Trinajstić information content (AvgIpc) is 2.03. The maximum absolute atomic E-state index is 4.69. The summed E-state index contributed by atoms with van der Waals surface area (Å²) >= 11 is 0. The quantitative estimate of drug-likeness (QED) is 0.243. The van der Waals surface area contributed by atoms with Gasteiger partial charge in [0.15, 0.2) is 0 Å². The van der Waals surface area contributed by atoms with E-state index in [2.05, 4.69) is 20.2 Å². The second-order valence-electron chi connectivity index (χ2n) is 2.17. The molecule has 65 valence electrons. The fraction of sp³-hybridized carbons (Fsp3) is 1.00. The van der Waals surface area contributed by atoms with Crippen LogP contribution in [-0.4, -0.2) is 23.5 Å². The molecule has 0 aromatic rings. The third-order valence-electron chi connectivity index (χ3n) is 1.04. The van der Waals surface area contributed by atoms with Gasteiger partial charge in [0.05, 0.1) is 13.2 Å². The molecule has 0 aromatic heterocycles. The standard InChI is InChI=1S/C7H15O3Si/c1-2-5-8-10-9-6-3-4-7-11/h2-7H2,1H3. The summed E-state index contributed by atoms with van der Waals surface area (Å²) in [5.74, 6) is 0. The van der Waals surface area contributed by atoms with E-state index in [1.807, 2.05) is 6.92 Å². The molecular weight excluding hydrogens is 160 g/mol. The van der Waals surface area contributed by atoms with Crippen molar-refractivity contribution in [2.45, 2.75) is 32.2 Å². The molecule has 0 spiro atoms. The molecule has 0 saturated heterocycles. The van der Waals surface area contributed by atoms with Gasteiger partial charge in [-0.1, -0.05) is 24.4 Å². The summed E-state index contributed by atoms with van der Waals surface area (Å²) in [7, 11) is 3.36. The van der Waals surface area contributed by atoms with E-state index in [9.17, 15) is 0 Å². The molecule has 0 amide bonds. The molecule has 0 N–H and O–H groups in total. The molecular formula is C7H15O3Si. The van der Waals surface area contributed by atoms with Crippen LogP contribution in [0.3, 0.4) is 0 Å². The lowest BCUT2D eigenvalue weighted by Gasteiger charge is -2.00. The van der Waals surface area contributed by atoms with Crippen LogP contribution in [0.25, 0.3) is 0 Å². The first kappa shape index (κ1) is 11.1. The van der Waals surface area contributed by atoms with E-state index in [0.29, 0.717) is 13.2 Å². The highest BCUT2D eigenvalue weighted by molar-refractivity contribution is 6.08. The SMILES string of the molecule is CCCOOOCCCC[Si]. The third kappa shape index (κ3) is 10.1. The van der Waals surface area contributed by atoms with Crippen LogP contribution in [0.5, 0.6) is 0 Å². The monoisotopic (exact) mass is 175 g/mol. The van der Waals surface area contributed by atoms with Crippen LogP contribution in [0.1, 0.15) is 26.2 Å². The average molecular weight is 175 g/mol. The maximum atomic E-state index is 4.69. The Morgan fingerprint density at radius 1 is 1.09 bits per heavy atom. The summed E-state index contributed by atoms with van der Waals surface area (Å²) in [5, 5.41) is 4.40. The van der Waals surface area contributed by atoms with Crippen LogP contribution in [0, 0.1) is 0 Å². The van der Waals surface area contributed by atoms with Gasteiger partial charge in [0.1, 0.15) is 0 Å². The molecule has 11 heavy (non-hydrogen) atoms. The molecule has 0 fully saturated rings. The third-order valence-corrected chi connectivity index (χ3v) is 1.39. The Bertz CT molecular complexity index is 62.7. The van der Waals surface area contributed by atoms with Crippen LogP contribution in [0.15, 0.2) is 0 Å². The number of rotatable bonds is 8. The molecule has 0 atom stereocenters. The van der Waals surface area contributed by atoms with Crippen LogP contribution in [0.2, 0.25) is 6.04 Å². The molecule has 0 aliphatic rings. The first-order valence-corrected chi connectivity index (χ1v) is 4.68. The van der Waals surface area contributed by atoms with Crippen molar-refractivity contribution in [3.63, 3.8) is 0 Å². The van der Waals surface area contributed by atoms with Gasteiger partial charge in [0, 0.05) is 10.2 Å². The minimum absolute atomic E-state index is 0.581. The highest BCUT2D eigenvalue weighted by Gasteiger charge is 1.88. The molecule has 0 aromatic carbocycles. The molecule has 0 bridgehead atoms. The minimum Gasteiger partial charge on any atom is -0.206 e. The van der Waals surface area contributed by atoms with Gasteiger partial charge in [0.2, 0.25) is 0 Å². The van der Waals surface area contributed by atoms with Crippen molar-refractivity contribution in [3.8, 4) is 0 Å². The van der Waals surface area contributed by atoms with E-state index < -0.39 is 0 Å². The topological polar surface area (TPSA) is 27.7 Å². The van der Waals surface area contributed by atoms with Crippen molar-refractivity contribution in [1.82, 2.24) is 0 Å². The van der Waals surface area contributed by atoms with E-state index in [1.165, 1.54) is 0 Å². The lowest BCUT2D eigenvalue weighted by molar-refractivity contribution is -0.512. The predicted octanol–water partition coefficient (Wildman–Crippen LogP) is 1.64. The lowest BCUT2D eigenvalue weighted by atomic mass is 10.4. The van der Waals surface area contributed by atoms with Crippen molar-refractivity contribution >= 4 is 10.2 Å². The Morgan fingerprint density at radius 2 is 1.82 bits per heavy atom. The van der Waals surface area contributed by atoms with E-state index in [4.69, 9.17) is 4.89 Å². The van der Waals surface area contributed by atoms with E-state index in [-0.39, 0.29) is 0 Å². The van der Waals surface area contributed by atoms with Crippen LogP contribution < -0.4 is 0 Å². The van der Waals surface area contributed by atoms with Gasteiger partial charge in [-0.05, 0) is 12.8 Å². The smallest absolute Gasteiger partial charge is 0.0853 e. The van der Waals surface area contributed by atoms with Gasteiger partial charge in [-0.3, -0.25) is 0 Å². The van der Waals surface area contributed by atoms with Crippen molar-refractivity contribution in [1.29, 1.82) is 0 Å². The van der Waals surface area contributed by atoms with Crippen LogP contribution in [0.4, 0.5) is 0 Å². The highest BCUT2D eigenvalue weighted by Crippen LogP contribution is 1.94. The maximum Gasteiger partial charge on any atom is 0.0853 e. The summed E-state index contributed by atoms with van der Waals surface area (Å²) in [4.78, 5) is 9.32. The fourth-order valence-corrected chi connectivity index (χ4v) is 0.721. The molecule has 3 nitrogen and oxygen atoms in total. The second-order valence-corrected chi connectivity index (χ2v) is 2.67. The normalized spacial score (nSPS) is 10.4. The Morgan fingerprint density at radius 3 is 2.45 bits per heavy atom.